The van der Waals surface area contributed by atoms with Crippen molar-refractivity contribution in [3.05, 3.63) is 90.4 Å². The zero-order chi connectivity index (χ0) is 20.8. The number of aromatic nitrogens is 4. The molecular weight excluding hydrogens is 378 g/mol. The van der Waals surface area contributed by atoms with Gasteiger partial charge in [0.15, 0.2) is 5.82 Å². The Morgan fingerprint density at radius 1 is 0.900 bits per heavy atom. The predicted octanol–water partition coefficient (Wildman–Crippen LogP) is 3.39. The largest absolute Gasteiger partial charge is 0.366 e. The normalized spacial score (nSPS) is 10.4. The molecule has 1 amide bonds. The highest BCUT2D eigenvalue weighted by atomic mass is 16.1. The molecule has 0 fully saturated rings. The molecule has 0 atom stereocenters. The number of nitrogens with zero attached hydrogens (tertiary/aromatic N) is 4. The lowest BCUT2D eigenvalue weighted by molar-refractivity contribution is 0.100. The van der Waals surface area contributed by atoms with E-state index in [2.05, 4.69) is 30.6 Å². The van der Waals surface area contributed by atoms with E-state index >= 15 is 0 Å². The molecule has 0 aliphatic carbocycles. The van der Waals surface area contributed by atoms with Gasteiger partial charge in [0.25, 0.3) is 0 Å². The Balaban J connectivity index is 1.54. The number of carbonyl (C=O) groups is 1. The molecule has 0 aliphatic rings. The minimum atomic E-state index is -0.476. The van der Waals surface area contributed by atoms with Crippen LogP contribution in [0.3, 0.4) is 0 Å². The minimum absolute atomic E-state index is 0.379. The second-order valence-electron chi connectivity index (χ2n) is 6.44. The van der Waals surface area contributed by atoms with Crippen LogP contribution in [0.25, 0.3) is 11.4 Å². The Labute approximate surface area is 173 Å². The first-order valence-electron chi connectivity index (χ1n) is 9.28. The SMILES string of the molecule is NC(=O)c1ccc(Nc2ncnc(-c3cccnc3NCc3ccccc3)n2)cc1. The molecule has 2 heterocycles. The van der Waals surface area contributed by atoms with Gasteiger partial charge in [0, 0.05) is 24.0 Å². The van der Waals surface area contributed by atoms with Crippen molar-refractivity contribution < 1.29 is 4.79 Å². The standard InChI is InChI=1S/C22H19N7O/c23-19(30)16-8-10-17(11-9-16)28-22-27-14-26-21(29-22)18-7-4-12-24-20(18)25-13-15-5-2-1-3-6-15/h1-12,14H,13H2,(H2,23,30)(H,24,25)(H,26,27,28,29). The summed E-state index contributed by atoms with van der Waals surface area (Å²) in [6, 6.07) is 20.6. The van der Waals surface area contributed by atoms with Gasteiger partial charge in [-0.25, -0.2) is 15.0 Å². The smallest absolute Gasteiger partial charge is 0.248 e. The summed E-state index contributed by atoms with van der Waals surface area (Å²) in [6.45, 7) is 0.632. The van der Waals surface area contributed by atoms with Gasteiger partial charge in [0.05, 0.1) is 5.56 Å². The highest BCUT2D eigenvalue weighted by Crippen LogP contribution is 2.24. The van der Waals surface area contributed by atoms with Crippen molar-refractivity contribution in [2.45, 2.75) is 6.54 Å². The van der Waals surface area contributed by atoms with Crippen molar-refractivity contribution in [3.63, 3.8) is 0 Å². The maximum atomic E-state index is 11.2. The van der Waals surface area contributed by atoms with Crippen molar-refractivity contribution in [1.82, 2.24) is 19.9 Å². The topological polar surface area (TPSA) is 119 Å². The van der Waals surface area contributed by atoms with Gasteiger partial charge >= 0.3 is 0 Å². The van der Waals surface area contributed by atoms with Crippen molar-refractivity contribution >= 4 is 23.4 Å². The van der Waals surface area contributed by atoms with Gasteiger partial charge in [-0.05, 0) is 42.0 Å². The number of pyridine rings is 1. The van der Waals surface area contributed by atoms with Crippen LogP contribution in [0.15, 0.2) is 79.3 Å². The molecule has 0 saturated heterocycles. The number of rotatable bonds is 7. The lowest BCUT2D eigenvalue weighted by atomic mass is 10.2. The van der Waals surface area contributed by atoms with E-state index in [1.165, 1.54) is 6.33 Å². The van der Waals surface area contributed by atoms with Gasteiger partial charge in [0.2, 0.25) is 11.9 Å². The predicted molar refractivity (Wildman–Crippen MR) is 115 cm³/mol. The van der Waals surface area contributed by atoms with Gasteiger partial charge < -0.3 is 16.4 Å². The van der Waals surface area contributed by atoms with E-state index in [0.717, 1.165) is 16.8 Å². The second kappa shape index (κ2) is 8.78. The molecule has 4 rings (SSSR count). The Morgan fingerprint density at radius 3 is 2.47 bits per heavy atom. The highest BCUT2D eigenvalue weighted by Gasteiger charge is 2.11. The number of benzene rings is 2. The molecule has 0 unspecified atom stereocenters. The van der Waals surface area contributed by atoms with Crippen LogP contribution in [0, 0.1) is 0 Å². The molecule has 2 aromatic heterocycles. The minimum Gasteiger partial charge on any atom is -0.366 e. The average Bonchev–Trinajstić information content (AvgIpc) is 2.79. The molecule has 148 valence electrons. The molecule has 0 saturated carbocycles. The third-order valence-corrected chi connectivity index (χ3v) is 4.35. The summed E-state index contributed by atoms with van der Waals surface area (Å²) in [6.07, 6.45) is 3.16. The molecule has 0 radical (unpaired) electrons. The fourth-order valence-corrected chi connectivity index (χ4v) is 2.84. The van der Waals surface area contributed by atoms with Crippen LogP contribution in [-0.2, 0) is 6.54 Å². The van der Waals surface area contributed by atoms with Crippen LogP contribution >= 0.6 is 0 Å². The number of hydrogen-bond donors (Lipinski definition) is 3. The van der Waals surface area contributed by atoms with E-state index in [1.807, 2.05) is 42.5 Å². The van der Waals surface area contributed by atoms with Crippen LogP contribution in [0.5, 0.6) is 0 Å². The number of anilines is 3. The number of primary amides is 1. The quantitative estimate of drug-likeness (QED) is 0.437. The lowest BCUT2D eigenvalue weighted by Crippen LogP contribution is -2.10. The summed E-state index contributed by atoms with van der Waals surface area (Å²) in [5.74, 6) is 1.08. The maximum Gasteiger partial charge on any atom is 0.248 e. The van der Waals surface area contributed by atoms with Crippen molar-refractivity contribution in [2.24, 2.45) is 5.73 Å². The van der Waals surface area contributed by atoms with E-state index in [4.69, 9.17) is 5.73 Å². The molecule has 4 N–H and O–H groups in total. The zero-order valence-electron chi connectivity index (χ0n) is 16.0. The number of nitrogens with one attached hydrogen (secondary N) is 2. The van der Waals surface area contributed by atoms with Gasteiger partial charge in [-0.2, -0.15) is 4.98 Å². The first-order chi connectivity index (χ1) is 14.7. The summed E-state index contributed by atoms with van der Waals surface area (Å²) in [5.41, 5.74) is 8.34. The molecule has 0 bridgehead atoms. The van der Waals surface area contributed by atoms with E-state index in [0.29, 0.717) is 29.7 Å². The van der Waals surface area contributed by atoms with Gasteiger partial charge in [0.1, 0.15) is 12.1 Å². The molecule has 8 heteroatoms. The van der Waals surface area contributed by atoms with E-state index in [9.17, 15) is 4.79 Å². The Morgan fingerprint density at radius 2 is 1.70 bits per heavy atom. The summed E-state index contributed by atoms with van der Waals surface area (Å²) >= 11 is 0. The van der Waals surface area contributed by atoms with Crippen LogP contribution in [0.2, 0.25) is 0 Å². The van der Waals surface area contributed by atoms with E-state index < -0.39 is 5.91 Å². The Bertz CT molecular complexity index is 1150. The van der Waals surface area contributed by atoms with Gasteiger partial charge in [-0.1, -0.05) is 30.3 Å². The molecule has 4 aromatic rings. The third-order valence-electron chi connectivity index (χ3n) is 4.35. The number of hydrogen-bond acceptors (Lipinski definition) is 7. The molecular formula is C22H19N7O. The van der Waals surface area contributed by atoms with Gasteiger partial charge in [-0.3, -0.25) is 4.79 Å². The number of amides is 1. The Hall–Kier alpha value is -4.33. The monoisotopic (exact) mass is 397 g/mol. The average molecular weight is 397 g/mol. The third kappa shape index (κ3) is 4.56. The fourth-order valence-electron chi connectivity index (χ4n) is 2.84. The summed E-state index contributed by atoms with van der Waals surface area (Å²) in [7, 11) is 0. The molecule has 0 spiro atoms. The molecule has 2 aromatic carbocycles. The zero-order valence-corrected chi connectivity index (χ0v) is 16.0. The molecule has 30 heavy (non-hydrogen) atoms. The van der Waals surface area contributed by atoms with E-state index in [-0.39, 0.29) is 0 Å². The molecule has 8 nitrogen and oxygen atoms in total. The van der Waals surface area contributed by atoms with Crippen LogP contribution < -0.4 is 16.4 Å². The van der Waals surface area contributed by atoms with Crippen molar-refractivity contribution in [1.29, 1.82) is 0 Å². The lowest BCUT2D eigenvalue weighted by Gasteiger charge is -2.11. The first-order valence-corrected chi connectivity index (χ1v) is 9.28. The first kappa shape index (κ1) is 19.0. The van der Waals surface area contributed by atoms with Crippen LogP contribution in [0.1, 0.15) is 15.9 Å². The number of nitrogens with two attached hydrogens (primary N) is 1. The fraction of sp³-hybridized carbons (Fsp3) is 0.0455. The van der Waals surface area contributed by atoms with Crippen LogP contribution in [0.4, 0.5) is 17.5 Å². The summed E-state index contributed by atoms with van der Waals surface area (Å²) < 4.78 is 0. The van der Waals surface area contributed by atoms with Crippen molar-refractivity contribution in [3.8, 4) is 11.4 Å². The summed E-state index contributed by atoms with van der Waals surface area (Å²) in [5, 5.41) is 6.44. The maximum absolute atomic E-state index is 11.2. The number of carbonyl (C=O) groups excluding carboxylic acids is 1. The second-order valence-corrected chi connectivity index (χ2v) is 6.44. The summed E-state index contributed by atoms with van der Waals surface area (Å²) in [4.78, 5) is 28.6. The highest BCUT2D eigenvalue weighted by molar-refractivity contribution is 5.93. The van der Waals surface area contributed by atoms with Gasteiger partial charge in [-0.15, -0.1) is 0 Å². The van der Waals surface area contributed by atoms with Crippen molar-refractivity contribution in [2.75, 3.05) is 10.6 Å². The van der Waals surface area contributed by atoms with Crippen LogP contribution in [-0.4, -0.2) is 25.8 Å². The Kier molecular flexibility index (Phi) is 5.56. The van der Waals surface area contributed by atoms with E-state index in [1.54, 1.807) is 30.5 Å². The molecule has 0 aliphatic heterocycles.